The van der Waals surface area contributed by atoms with E-state index in [1.807, 2.05) is 0 Å². The third kappa shape index (κ3) is 3.72. The van der Waals surface area contributed by atoms with Crippen molar-refractivity contribution in [2.24, 2.45) is 0 Å². The second kappa shape index (κ2) is 7.23. The number of benzene rings is 4. The first-order chi connectivity index (χ1) is 12.4. The van der Waals surface area contributed by atoms with Crippen molar-refractivity contribution in [3.63, 3.8) is 0 Å². The van der Waals surface area contributed by atoms with Crippen LogP contribution in [0, 0.1) is 6.07 Å². The molecule has 1 nitrogen and oxygen atoms in total. The number of fused-ring (bicyclic) bond motifs is 1. The Morgan fingerprint density at radius 1 is 0.560 bits per heavy atom. The van der Waals surface area contributed by atoms with Crippen molar-refractivity contribution >= 4 is 16.5 Å². The highest BCUT2D eigenvalue weighted by Gasteiger charge is 2.09. The Bertz CT molecular complexity index is 904. The molecule has 0 aromatic heterocycles. The van der Waals surface area contributed by atoms with Crippen molar-refractivity contribution in [2.75, 3.05) is 4.90 Å². The first-order valence-corrected chi connectivity index (χ1v) is 8.62. The van der Waals surface area contributed by atoms with Gasteiger partial charge in [-0.15, -0.1) is 0 Å². The molecule has 1 heteroatoms. The molecule has 4 aromatic carbocycles. The quantitative estimate of drug-likeness (QED) is 0.446. The topological polar surface area (TPSA) is 3.24 Å². The fraction of sp³-hybridized carbons (Fsp3) is 0.0833. The maximum atomic E-state index is 3.59. The fourth-order valence-electron chi connectivity index (χ4n) is 3.12. The third-order valence-electron chi connectivity index (χ3n) is 4.42. The average molecular weight is 322 g/mol. The van der Waals surface area contributed by atoms with Gasteiger partial charge < -0.3 is 4.90 Å². The van der Waals surface area contributed by atoms with Gasteiger partial charge in [0, 0.05) is 24.8 Å². The highest BCUT2D eigenvalue weighted by molar-refractivity contribution is 5.85. The molecular weight excluding hydrogens is 302 g/mol. The number of hydrogen-bond acceptors (Lipinski definition) is 1. The zero-order chi connectivity index (χ0) is 16.9. The van der Waals surface area contributed by atoms with Gasteiger partial charge in [0.2, 0.25) is 0 Å². The second-order valence-electron chi connectivity index (χ2n) is 6.26. The summed E-state index contributed by atoms with van der Waals surface area (Å²) in [5.74, 6) is 0. The first-order valence-electron chi connectivity index (χ1n) is 8.62. The summed E-state index contributed by atoms with van der Waals surface area (Å²) in [4.78, 5) is 2.39. The average Bonchev–Trinajstić information content (AvgIpc) is 2.69. The van der Waals surface area contributed by atoms with E-state index in [9.17, 15) is 0 Å². The van der Waals surface area contributed by atoms with Gasteiger partial charge in [0.05, 0.1) is 0 Å². The van der Waals surface area contributed by atoms with E-state index < -0.39 is 0 Å². The van der Waals surface area contributed by atoms with Crippen molar-refractivity contribution in [1.29, 1.82) is 0 Å². The lowest BCUT2D eigenvalue weighted by atomic mass is 10.1. The Hall–Kier alpha value is -3.06. The molecule has 0 bridgehead atoms. The van der Waals surface area contributed by atoms with Gasteiger partial charge in [-0.3, -0.25) is 0 Å². The van der Waals surface area contributed by atoms with Crippen LogP contribution in [0.15, 0.2) is 97.1 Å². The van der Waals surface area contributed by atoms with Gasteiger partial charge in [0.25, 0.3) is 0 Å². The zero-order valence-electron chi connectivity index (χ0n) is 14.1. The predicted octanol–water partition coefficient (Wildman–Crippen LogP) is 5.85. The van der Waals surface area contributed by atoms with E-state index in [-0.39, 0.29) is 0 Å². The van der Waals surface area contributed by atoms with Gasteiger partial charge in [0.15, 0.2) is 0 Å². The summed E-state index contributed by atoms with van der Waals surface area (Å²) in [6.45, 7) is 1.73. The fourth-order valence-corrected chi connectivity index (χ4v) is 3.12. The molecule has 0 unspecified atom stereocenters. The Kier molecular flexibility index (Phi) is 4.47. The molecule has 121 valence electrons. The molecular formula is C24H20N. The molecule has 0 fully saturated rings. The van der Waals surface area contributed by atoms with Crippen molar-refractivity contribution in [1.82, 2.24) is 0 Å². The molecule has 4 rings (SSSR count). The summed E-state index contributed by atoms with van der Waals surface area (Å²) >= 11 is 0. The van der Waals surface area contributed by atoms with E-state index in [1.54, 1.807) is 0 Å². The van der Waals surface area contributed by atoms with Gasteiger partial charge in [0.1, 0.15) is 0 Å². The van der Waals surface area contributed by atoms with Crippen LogP contribution >= 0.6 is 0 Å². The lowest BCUT2D eigenvalue weighted by Gasteiger charge is -2.25. The number of hydrogen-bond donors (Lipinski definition) is 0. The Morgan fingerprint density at radius 2 is 1.12 bits per heavy atom. The van der Waals surface area contributed by atoms with Crippen LogP contribution in [0.4, 0.5) is 5.69 Å². The van der Waals surface area contributed by atoms with Crippen molar-refractivity contribution in [3.8, 4) is 0 Å². The van der Waals surface area contributed by atoms with E-state index in [0.29, 0.717) is 0 Å². The molecule has 0 atom stereocenters. The zero-order valence-corrected chi connectivity index (χ0v) is 14.1. The maximum Gasteiger partial charge on any atom is 0.0459 e. The van der Waals surface area contributed by atoms with Gasteiger partial charge in [-0.25, -0.2) is 0 Å². The SMILES string of the molecule is [c]1c(N(Cc2ccccc2)Cc2ccccc2)ccc2ccccc12. The largest absolute Gasteiger partial charge is 0.362 e. The van der Waals surface area contributed by atoms with Crippen LogP contribution in [0.1, 0.15) is 11.1 Å². The molecule has 1 radical (unpaired) electrons. The molecule has 0 amide bonds. The summed E-state index contributed by atoms with van der Waals surface area (Å²) in [7, 11) is 0. The lowest BCUT2D eigenvalue weighted by molar-refractivity contribution is 0.800. The highest BCUT2D eigenvalue weighted by atomic mass is 15.1. The summed E-state index contributed by atoms with van der Waals surface area (Å²) < 4.78 is 0. The van der Waals surface area contributed by atoms with Crippen molar-refractivity contribution < 1.29 is 0 Å². The standard InChI is InChI=1S/C24H20N/c1-3-9-20(10-4-1)18-25(19-21-11-5-2-6-12-21)24-16-15-22-13-7-8-14-23(22)17-24/h1-16H,18-19H2. The minimum Gasteiger partial charge on any atom is -0.362 e. The molecule has 4 aromatic rings. The van der Waals surface area contributed by atoms with Gasteiger partial charge in [-0.05, 0) is 28.0 Å². The number of anilines is 1. The van der Waals surface area contributed by atoms with E-state index in [2.05, 4.69) is 108 Å². The van der Waals surface area contributed by atoms with Crippen LogP contribution in [-0.4, -0.2) is 0 Å². The molecule has 0 aliphatic carbocycles. The minimum absolute atomic E-state index is 0.866. The molecule has 0 saturated heterocycles. The molecule has 0 N–H and O–H groups in total. The van der Waals surface area contributed by atoms with E-state index >= 15 is 0 Å². The monoisotopic (exact) mass is 322 g/mol. The molecule has 0 saturated carbocycles. The smallest absolute Gasteiger partial charge is 0.0459 e. The summed E-state index contributed by atoms with van der Waals surface area (Å²) in [5, 5.41) is 2.39. The van der Waals surface area contributed by atoms with Crippen LogP contribution in [0.5, 0.6) is 0 Å². The Morgan fingerprint density at radius 3 is 1.76 bits per heavy atom. The van der Waals surface area contributed by atoms with E-state index in [4.69, 9.17) is 0 Å². The van der Waals surface area contributed by atoms with Crippen LogP contribution in [-0.2, 0) is 13.1 Å². The molecule has 0 heterocycles. The molecule has 0 spiro atoms. The normalized spacial score (nSPS) is 10.7. The maximum absolute atomic E-state index is 3.59. The van der Waals surface area contributed by atoms with Gasteiger partial charge in [-0.2, -0.15) is 0 Å². The van der Waals surface area contributed by atoms with Crippen LogP contribution in [0.2, 0.25) is 0 Å². The summed E-state index contributed by atoms with van der Waals surface area (Å²) in [6, 6.07) is 37.6. The van der Waals surface area contributed by atoms with Gasteiger partial charge in [-0.1, -0.05) is 91.0 Å². The third-order valence-corrected chi connectivity index (χ3v) is 4.42. The summed E-state index contributed by atoms with van der Waals surface area (Å²) in [5.41, 5.74) is 3.74. The molecule has 25 heavy (non-hydrogen) atoms. The lowest BCUT2D eigenvalue weighted by Crippen LogP contribution is -2.22. The van der Waals surface area contributed by atoms with Crippen LogP contribution < -0.4 is 4.90 Å². The van der Waals surface area contributed by atoms with Crippen molar-refractivity contribution in [3.05, 3.63) is 114 Å². The van der Waals surface area contributed by atoms with Gasteiger partial charge >= 0.3 is 0 Å². The second-order valence-corrected chi connectivity index (χ2v) is 6.26. The number of rotatable bonds is 5. The number of nitrogens with zero attached hydrogens (tertiary/aromatic N) is 1. The van der Waals surface area contributed by atoms with E-state index in [1.165, 1.54) is 16.5 Å². The molecule has 0 aliphatic heterocycles. The predicted molar refractivity (Wildman–Crippen MR) is 106 cm³/mol. The Labute approximate surface area is 149 Å². The van der Waals surface area contributed by atoms with Crippen molar-refractivity contribution in [2.45, 2.75) is 13.1 Å². The minimum atomic E-state index is 0.866. The van der Waals surface area contributed by atoms with Crippen LogP contribution in [0.25, 0.3) is 10.8 Å². The Balaban J connectivity index is 1.69. The molecule has 0 aliphatic rings. The van der Waals surface area contributed by atoms with E-state index in [0.717, 1.165) is 24.2 Å². The summed E-state index contributed by atoms with van der Waals surface area (Å²) in [6.07, 6.45) is 0. The van der Waals surface area contributed by atoms with Crippen LogP contribution in [0.3, 0.4) is 0 Å². The highest BCUT2D eigenvalue weighted by Crippen LogP contribution is 2.24. The first kappa shape index (κ1) is 15.5.